The number of hydrogen-bond donors (Lipinski definition) is 1. The highest BCUT2D eigenvalue weighted by atomic mass is 32.2. The first kappa shape index (κ1) is 22.7. The van der Waals surface area contributed by atoms with E-state index in [1.807, 2.05) is 31.2 Å². The number of rotatable bonds is 5. The molecule has 2 aliphatic rings. The highest BCUT2D eigenvalue weighted by Crippen LogP contribution is 2.29. The Hall–Kier alpha value is -3.04. The fraction of sp³-hybridized carbons (Fsp3) is 0.400. The van der Waals surface area contributed by atoms with E-state index in [1.54, 1.807) is 24.3 Å². The Kier molecular flexibility index (Phi) is 6.22. The molecule has 0 saturated carbocycles. The maximum Gasteiger partial charge on any atom is 0.243 e. The molecule has 5 rings (SSSR count). The molecule has 1 atom stereocenters. The zero-order valence-electron chi connectivity index (χ0n) is 19.3. The second-order valence-electron chi connectivity index (χ2n) is 9.06. The number of aromatic nitrogens is 3. The van der Waals surface area contributed by atoms with Crippen molar-refractivity contribution in [3.8, 4) is 11.4 Å². The summed E-state index contributed by atoms with van der Waals surface area (Å²) < 4.78 is 29.9. The number of nitrogens with zero attached hydrogens (tertiary/aromatic N) is 4. The van der Waals surface area contributed by atoms with Crippen LogP contribution in [0.15, 0.2) is 53.4 Å². The summed E-state index contributed by atoms with van der Waals surface area (Å²) in [6.45, 7) is 3.13. The first-order valence-electron chi connectivity index (χ1n) is 11.9. The van der Waals surface area contributed by atoms with E-state index >= 15 is 0 Å². The SMILES string of the molecule is Cc1ccc(S(=O)(=O)N2CCC[C@@H]2C(=O)Nc2cccc(-c3nnc4n3CCCCC4)c2)cc1. The first-order chi connectivity index (χ1) is 16.4. The number of benzene rings is 2. The van der Waals surface area contributed by atoms with Gasteiger partial charge in [-0.1, -0.05) is 36.2 Å². The van der Waals surface area contributed by atoms with E-state index in [-0.39, 0.29) is 10.8 Å². The van der Waals surface area contributed by atoms with Crippen LogP contribution in [0.4, 0.5) is 5.69 Å². The predicted octanol–water partition coefficient (Wildman–Crippen LogP) is 3.77. The van der Waals surface area contributed by atoms with Crippen molar-refractivity contribution in [1.29, 1.82) is 0 Å². The van der Waals surface area contributed by atoms with E-state index < -0.39 is 16.1 Å². The van der Waals surface area contributed by atoms with Crippen LogP contribution < -0.4 is 5.32 Å². The van der Waals surface area contributed by atoms with Gasteiger partial charge in [0, 0.05) is 30.8 Å². The molecular formula is C25H29N5O3S. The molecule has 1 amide bonds. The van der Waals surface area contributed by atoms with Crippen LogP contribution in [0.3, 0.4) is 0 Å². The maximum absolute atomic E-state index is 13.2. The van der Waals surface area contributed by atoms with Crippen molar-refractivity contribution < 1.29 is 13.2 Å². The number of carbonyl (C=O) groups is 1. The molecule has 2 aliphatic heterocycles. The molecule has 34 heavy (non-hydrogen) atoms. The fourth-order valence-electron chi connectivity index (χ4n) is 4.80. The van der Waals surface area contributed by atoms with E-state index in [0.29, 0.717) is 25.1 Å². The van der Waals surface area contributed by atoms with Gasteiger partial charge in [0.1, 0.15) is 11.9 Å². The summed E-state index contributed by atoms with van der Waals surface area (Å²) >= 11 is 0. The number of anilines is 1. The Morgan fingerprint density at radius 3 is 2.65 bits per heavy atom. The largest absolute Gasteiger partial charge is 0.325 e. The smallest absolute Gasteiger partial charge is 0.243 e. The van der Waals surface area contributed by atoms with Crippen LogP contribution in [-0.4, -0.2) is 46.0 Å². The average Bonchev–Trinajstić information content (AvgIpc) is 3.42. The summed E-state index contributed by atoms with van der Waals surface area (Å²) in [5.41, 5.74) is 2.49. The molecule has 1 N–H and O–H groups in total. The normalized spacial score (nSPS) is 18.9. The van der Waals surface area contributed by atoms with Crippen molar-refractivity contribution in [2.75, 3.05) is 11.9 Å². The van der Waals surface area contributed by atoms with Crippen LogP contribution in [-0.2, 0) is 27.8 Å². The third kappa shape index (κ3) is 4.37. The summed E-state index contributed by atoms with van der Waals surface area (Å²) in [4.78, 5) is 13.4. The number of hydrogen-bond acceptors (Lipinski definition) is 5. The molecule has 0 unspecified atom stereocenters. The van der Waals surface area contributed by atoms with Crippen molar-refractivity contribution >= 4 is 21.6 Å². The van der Waals surface area contributed by atoms with E-state index in [9.17, 15) is 13.2 Å². The Bertz CT molecular complexity index is 1300. The summed E-state index contributed by atoms with van der Waals surface area (Å²) in [6.07, 6.45) is 5.47. The summed E-state index contributed by atoms with van der Waals surface area (Å²) in [5, 5.41) is 11.7. The van der Waals surface area contributed by atoms with Gasteiger partial charge in [-0.15, -0.1) is 10.2 Å². The third-order valence-electron chi connectivity index (χ3n) is 6.63. The number of sulfonamides is 1. The number of fused-ring (bicyclic) bond motifs is 1. The van der Waals surface area contributed by atoms with Gasteiger partial charge in [-0.05, 0) is 56.9 Å². The van der Waals surface area contributed by atoms with Gasteiger partial charge in [0.15, 0.2) is 5.82 Å². The standard InChI is InChI=1S/C25H29N5O3S/c1-18-11-13-21(14-12-18)34(32,33)30-16-6-9-22(30)25(31)26-20-8-5-7-19(17-20)24-28-27-23-10-3-2-4-15-29(23)24/h5,7-8,11-14,17,22H,2-4,6,9-10,15-16H2,1H3,(H,26,31)/t22-/m1/s1. The minimum absolute atomic E-state index is 0.215. The molecular weight excluding hydrogens is 450 g/mol. The number of aryl methyl sites for hydroxylation is 2. The Balaban J connectivity index is 1.36. The second-order valence-corrected chi connectivity index (χ2v) is 10.9. The molecule has 0 aliphatic carbocycles. The minimum Gasteiger partial charge on any atom is -0.325 e. The molecule has 3 aromatic rings. The third-order valence-corrected chi connectivity index (χ3v) is 8.55. The summed E-state index contributed by atoms with van der Waals surface area (Å²) in [6, 6.07) is 13.5. The number of nitrogens with one attached hydrogen (secondary N) is 1. The summed E-state index contributed by atoms with van der Waals surface area (Å²) in [5.74, 6) is 1.49. The van der Waals surface area contributed by atoms with E-state index in [1.165, 1.54) is 10.7 Å². The van der Waals surface area contributed by atoms with Gasteiger partial charge in [-0.3, -0.25) is 4.79 Å². The average molecular weight is 480 g/mol. The maximum atomic E-state index is 13.2. The van der Waals surface area contributed by atoms with Gasteiger partial charge in [-0.25, -0.2) is 8.42 Å². The van der Waals surface area contributed by atoms with Crippen LogP contribution in [0.1, 0.15) is 43.5 Å². The second kappa shape index (κ2) is 9.31. The first-order valence-corrected chi connectivity index (χ1v) is 13.3. The molecule has 8 nitrogen and oxygen atoms in total. The number of carbonyl (C=O) groups excluding carboxylic acids is 1. The Morgan fingerprint density at radius 2 is 1.82 bits per heavy atom. The molecule has 0 spiro atoms. The molecule has 1 aromatic heterocycles. The number of amides is 1. The van der Waals surface area contributed by atoms with Crippen LogP contribution in [0.5, 0.6) is 0 Å². The highest BCUT2D eigenvalue weighted by molar-refractivity contribution is 7.89. The zero-order chi connectivity index (χ0) is 23.7. The fourth-order valence-corrected chi connectivity index (χ4v) is 6.45. The van der Waals surface area contributed by atoms with E-state index in [2.05, 4.69) is 20.1 Å². The van der Waals surface area contributed by atoms with Gasteiger partial charge >= 0.3 is 0 Å². The summed E-state index contributed by atoms with van der Waals surface area (Å²) in [7, 11) is -3.75. The van der Waals surface area contributed by atoms with Gasteiger partial charge in [0.2, 0.25) is 15.9 Å². The topological polar surface area (TPSA) is 97.2 Å². The van der Waals surface area contributed by atoms with Gasteiger partial charge < -0.3 is 9.88 Å². The predicted molar refractivity (Wildman–Crippen MR) is 130 cm³/mol. The van der Waals surface area contributed by atoms with Crippen LogP contribution in [0, 0.1) is 6.92 Å². The van der Waals surface area contributed by atoms with Crippen molar-refractivity contribution in [3.05, 3.63) is 59.9 Å². The lowest BCUT2D eigenvalue weighted by Crippen LogP contribution is -2.43. The highest BCUT2D eigenvalue weighted by Gasteiger charge is 2.39. The molecule has 1 saturated heterocycles. The molecule has 2 aromatic carbocycles. The molecule has 1 fully saturated rings. The molecule has 178 valence electrons. The van der Waals surface area contributed by atoms with Crippen LogP contribution >= 0.6 is 0 Å². The van der Waals surface area contributed by atoms with Gasteiger partial charge in [0.05, 0.1) is 4.90 Å². The molecule has 0 bridgehead atoms. The minimum atomic E-state index is -3.75. The Labute approximate surface area is 200 Å². The lowest BCUT2D eigenvalue weighted by Gasteiger charge is -2.23. The molecule has 9 heteroatoms. The quantitative estimate of drug-likeness (QED) is 0.601. The van der Waals surface area contributed by atoms with Crippen molar-refractivity contribution in [3.63, 3.8) is 0 Å². The lowest BCUT2D eigenvalue weighted by molar-refractivity contribution is -0.119. The lowest BCUT2D eigenvalue weighted by atomic mass is 10.1. The van der Waals surface area contributed by atoms with Crippen molar-refractivity contribution in [2.45, 2.75) is 62.9 Å². The van der Waals surface area contributed by atoms with Crippen LogP contribution in [0.25, 0.3) is 11.4 Å². The van der Waals surface area contributed by atoms with E-state index in [0.717, 1.165) is 48.6 Å². The Morgan fingerprint density at radius 1 is 1.00 bits per heavy atom. The molecule has 3 heterocycles. The van der Waals surface area contributed by atoms with Crippen LogP contribution in [0.2, 0.25) is 0 Å². The zero-order valence-corrected chi connectivity index (χ0v) is 20.1. The molecule has 0 radical (unpaired) electrons. The monoisotopic (exact) mass is 479 g/mol. The van der Waals surface area contributed by atoms with Gasteiger partial charge in [-0.2, -0.15) is 4.31 Å². The van der Waals surface area contributed by atoms with Gasteiger partial charge in [0.25, 0.3) is 0 Å². The van der Waals surface area contributed by atoms with E-state index in [4.69, 9.17) is 0 Å². The van der Waals surface area contributed by atoms with Crippen molar-refractivity contribution in [2.24, 2.45) is 0 Å². The van der Waals surface area contributed by atoms with Crippen molar-refractivity contribution in [1.82, 2.24) is 19.1 Å².